The highest BCUT2D eigenvalue weighted by molar-refractivity contribution is 9.10. The van der Waals surface area contributed by atoms with Crippen molar-refractivity contribution >= 4 is 33.2 Å². The van der Waals surface area contributed by atoms with E-state index in [2.05, 4.69) is 26.6 Å². The number of rotatable bonds is 5. The second kappa shape index (κ2) is 6.08. The molecule has 1 heterocycles. The maximum Gasteiger partial charge on any atom is 0.274 e. The van der Waals surface area contributed by atoms with Gasteiger partial charge >= 0.3 is 0 Å². The fourth-order valence-corrected chi connectivity index (χ4v) is 2.52. The monoisotopic (exact) mass is 357 g/mol. The second-order valence-corrected chi connectivity index (χ2v) is 6.12. The van der Waals surface area contributed by atoms with Gasteiger partial charge in [-0.05, 0) is 35.8 Å². The van der Waals surface area contributed by atoms with Crippen molar-refractivity contribution in [2.75, 3.05) is 25.0 Å². The summed E-state index contributed by atoms with van der Waals surface area (Å²) < 4.78 is 6.11. The first-order valence-corrected chi connectivity index (χ1v) is 7.19. The van der Waals surface area contributed by atoms with Crippen LogP contribution in [0.4, 0.5) is 11.4 Å². The van der Waals surface area contributed by atoms with Crippen molar-refractivity contribution in [2.45, 2.75) is 19.4 Å². The lowest BCUT2D eigenvalue weighted by Crippen LogP contribution is -2.59. The van der Waals surface area contributed by atoms with Gasteiger partial charge in [-0.1, -0.05) is 0 Å². The van der Waals surface area contributed by atoms with E-state index in [1.807, 2.05) is 6.92 Å². The topological polar surface area (TPSA) is 93.5 Å². The fourth-order valence-electron chi connectivity index (χ4n) is 1.96. The molecule has 1 amide bonds. The lowest BCUT2D eigenvalue weighted by molar-refractivity contribution is -0.385. The van der Waals surface area contributed by atoms with Gasteiger partial charge in [0.15, 0.2) is 0 Å². The molecule has 0 atom stereocenters. The summed E-state index contributed by atoms with van der Waals surface area (Å²) in [7, 11) is 0. The van der Waals surface area contributed by atoms with Gasteiger partial charge in [-0.2, -0.15) is 0 Å². The summed E-state index contributed by atoms with van der Waals surface area (Å²) >= 11 is 3.29. The van der Waals surface area contributed by atoms with Crippen LogP contribution in [0.15, 0.2) is 16.6 Å². The van der Waals surface area contributed by atoms with Crippen molar-refractivity contribution in [3.05, 3.63) is 32.3 Å². The van der Waals surface area contributed by atoms with Crippen LogP contribution in [0, 0.1) is 17.0 Å². The van der Waals surface area contributed by atoms with Gasteiger partial charge in [0.05, 0.1) is 16.2 Å². The van der Waals surface area contributed by atoms with Crippen LogP contribution in [-0.4, -0.2) is 36.1 Å². The van der Waals surface area contributed by atoms with E-state index in [9.17, 15) is 14.9 Å². The number of ether oxygens (including phenoxy) is 1. The van der Waals surface area contributed by atoms with Crippen LogP contribution in [-0.2, 0) is 9.53 Å². The highest BCUT2D eigenvalue weighted by Crippen LogP contribution is 2.30. The van der Waals surface area contributed by atoms with E-state index >= 15 is 0 Å². The minimum absolute atomic E-state index is 0.0374. The molecule has 7 nitrogen and oxygen atoms in total. The molecule has 0 aliphatic carbocycles. The second-order valence-electron chi connectivity index (χ2n) is 5.27. The van der Waals surface area contributed by atoms with Crippen LogP contribution in [0.5, 0.6) is 0 Å². The number of nitro groups is 1. The molecule has 1 fully saturated rings. The number of benzene rings is 1. The van der Waals surface area contributed by atoms with Crippen LogP contribution in [0.1, 0.15) is 12.5 Å². The average molecular weight is 358 g/mol. The van der Waals surface area contributed by atoms with Gasteiger partial charge in [0, 0.05) is 29.2 Å². The largest absolute Gasteiger partial charge is 0.363 e. The van der Waals surface area contributed by atoms with Gasteiger partial charge in [-0.25, -0.2) is 0 Å². The van der Waals surface area contributed by atoms with Gasteiger partial charge in [0.2, 0.25) is 5.91 Å². The molecule has 1 aliphatic rings. The molecule has 0 saturated carbocycles. The minimum atomic E-state index is -0.477. The quantitative estimate of drug-likeness (QED) is 0.620. The summed E-state index contributed by atoms with van der Waals surface area (Å²) in [5.41, 5.74) is 0.532. The summed E-state index contributed by atoms with van der Waals surface area (Å²) in [6, 6.07) is 2.94. The molecule has 2 rings (SSSR count). The number of carbonyl (C=O) groups is 1. The number of amides is 1. The van der Waals surface area contributed by atoms with E-state index < -0.39 is 4.92 Å². The van der Waals surface area contributed by atoms with Crippen LogP contribution < -0.4 is 10.6 Å². The Labute approximate surface area is 130 Å². The highest BCUT2D eigenvalue weighted by atomic mass is 79.9. The molecule has 114 valence electrons. The number of nitro benzene ring substituents is 1. The van der Waals surface area contributed by atoms with E-state index in [0.29, 0.717) is 28.8 Å². The van der Waals surface area contributed by atoms with Crippen LogP contribution in [0.25, 0.3) is 0 Å². The van der Waals surface area contributed by atoms with Gasteiger partial charge < -0.3 is 15.4 Å². The van der Waals surface area contributed by atoms with E-state index in [4.69, 9.17) is 4.74 Å². The van der Waals surface area contributed by atoms with Gasteiger partial charge in [0.1, 0.15) is 6.61 Å². The van der Waals surface area contributed by atoms with E-state index in [1.165, 1.54) is 6.07 Å². The van der Waals surface area contributed by atoms with Crippen molar-refractivity contribution in [1.29, 1.82) is 0 Å². The molecular formula is C13H16BrN3O4. The van der Waals surface area contributed by atoms with Crippen LogP contribution in [0.3, 0.4) is 0 Å². The Kier molecular flexibility index (Phi) is 4.60. The first-order valence-electron chi connectivity index (χ1n) is 6.40. The summed E-state index contributed by atoms with van der Waals surface area (Å²) in [6.07, 6.45) is 0. The van der Waals surface area contributed by atoms with Crippen molar-refractivity contribution in [1.82, 2.24) is 5.32 Å². The summed E-state index contributed by atoms with van der Waals surface area (Å²) in [5.74, 6) is -0.345. The molecule has 0 unspecified atom stereocenters. The molecule has 8 heteroatoms. The molecule has 1 aromatic rings. The maximum atomic E-state index is 11.9. The predicted molar refractivity (Wildman–Crippen MR) is 81.4 cm³/mol. The zero-order chi connectivity index (χ0) is 15.6. The third-order valence-electron chi connectivity index (χ3n) is 3.31. The van der Waals surface area contributed by atoms with Crippen molar-refractivity contribution in [3.8, 4) is 0 Å². The summed E-state index contributed by atoms with van der Waals surface area (Å²) in [4.78, 5) is 22.3. The minimum Gasteiger partial charge on any atom is -0.363 e. The predicted octanol–water partition coefficient (Wildman–Crippen LogP) is 1.98. The third kappa shape index (κ3) is 3.78. The number of hydrogen-bond acceptors (Lipinski definition) is 5. The maximum absolute atomic E-state index is 11.9. The zero-order valence-corrected chi connectivity index (χ0v) is 13.3. The molecular weight excluding hydrogens is 342 g/mol. The van der Waals surface area contributed by atoms with Crippen molar-refractivity contribution < 1.29 is 14.5 Å². The Morgan fingerprint density at radius 2 is 2.24 bits per heavy atom. The van der Waals surface area contributed by atoms with E-state index in [0.717, 1.165) is 0 Å². The third-order valence-corrected chi connectivity index (χ3v) is 3.96. The molecule has 0 aromatic heterocycles. The highest BCUT2D eigenvalue weighted by Gasteiger charge is 2.33. The molecule has 0 spiro atoms. The first kappa shape index (κ1) is 15.9. The van der Waals surface area contributed by atoms with Gasteiger partial charge in [-0.15, -0.1) is 0 Å². The average Bonchev–Trinajstić information content (AvgIpc) is 2.37. The summed E-state index contributed by atoms with van der Waals surface area (Å²) in [5, 5.41) is 16.6. The molecule has 21 heavy (non-hydrogen) atoms. The van der Waals surface area contributed by atoms with Crippen LogP contribution >= 0.6 is 15.9 Å². The molecule has 0 radical (unpaired) electrons. The number of aryl methyl sites for hydroxylation is 1. The molecule has 2 N–H and O–H groups in total. The summed E-state index contributed by atoms with van der Waals surface area (Å²) in [6.45, 7) is 4.89. The Morgan fingerprint density at radius 3 is 2.76 bits per heavy atom. The number of hydrogen-bond donors (Lipinski definition) is 2. The number of anilines is 1. The van der Waals surface area contributed by atoms with Gasteiger partial charge in [0.25, 0.3) is 5.69 Å². The fraction of sp³-hybridized carbons (Fsp3) is 0.462. The Morgan fingerprint density at radius 1 is 1.57 bits per heavy atom. The lowest BCUT2D eigenvalue weighted by atomic mass is 10.0. The molecule has 1 saturated heterocycles. The standard InChI is InChI=1S/C13H16BrN3O4/c1-8-3-9(14)10(4-11(8)17(19)20)16-12(18)5-21-13(2)6-15-7-13/h3-4,15H,5-7H2,1-2H3,(H,16,18). The van der Waals surface area contributed by atoms with Crippen molar-refractivity contribution in [2.24, 2.45) is 0 Å². The Balaban J connectivity index is 2.03. The number of nitrogens with zero attached hydrogens (tertiary/aromatic N) is 1. The Hall–Kier alpha value is -1.51. The smallest absolute Gasteiger partial charge is 0.274 e. The Bertz CT molecular complexity index is 587. The van der Waals surface area contributed by atoms with Gasteiger partial charge in [-0.3, -0.25) is 14.9 Å². The number of halogens is 1. The first-order chi connectivity index (χ1) is 9.81. The van der Waals surface area contributed by atoms with E-state index in [1.54, 1.807) is 13.0 Å². The molecule has 1 aliphatic heterocycles. The SMILES string of the molecule is Cc1cc(Br)c(NC(=O)COC2(C)CNC2)cc1[N+](=O)[O-]. The molecule has 1 aromatic carbocycles. The van der Waals surface area contributed by atoms with Crippen LogP contribution in [0.2, 0.25) is 0 Å². The number of carbonyl (C=O) groups excluding carboxylic acids is 1. The molecule has 0 bridgehead atoms. The van der Waals surface area contributed by atoms with Crippen molar-refractivity contribution in [3.63, 3.8) is 0 Å². The lowest BCUT2D eigenvalue weighted by Gasteiger charge is -2.38. The van der Waals surface area contributed by atoms with E-state index in [-0.39, 0.29) is 23.8 Å². The number of nitrogens with one attached hydrogen (secondary N) is 2. The normalized spacial score (nSPS) is 16.1. The zero-order valence-electron chi connectivity index (χ0n) is 11.7.